The Morgan fingerprint density at radius 1 is 1.11 bits per heavy atom. The molecule has 2 aromatic carbocycles. The van der Waals surface area contributed by atoms with Gasteiger partial charge < -0.3 is 9.94 Å². The molecule has 2 aliphatic rings. The molecule has 1 aliphatic carbocycles. The first-order valence-electron chi connectivity index (χ1n) is 8.29. The Morgan fingerprint density at radius 2 is 1.81 bits per heavy atom. The van der Waals surface area contributed by atoms with E-state index in [0.29, 0.717) is 18.4 Å². The van der Waals surface area contributed by atoms with Gasteiger partial charge in [-0.25, -0.2) is 0 Å². The molecule has 0 fully saturated rings. The fourth-order valence-corrected chi connectivity index (χ4v) is 4.15. The zero-order valence-corrected chi connectivity index (χ0v) is 15.4. The van der Waals surface area contributed by atoms with Gasteiger partial charge in [-0.2, -0.15) is 13.2 Å². The predicted molar refractivity (Wildman–Crippen MR) is 96.2 cm³/mol. The van der Waals surface area contributed by atoms with Gasteiger partial charge in [-0.3, -0.25) is 0 Å². The van der Waals surface area contributed by atoms with Gasteiger partial charge in [-0.1, -0.05) is 40.5 Å². The van der Waals surface area contributed by atoms with Crippen molar-refractivity contribution < 1.29 is 23.1 Å². The third-order valence-electron chi connectivity index (χ3n) is 5.04. The number of nitrogens with zero attached hydrogens (tertiary/aromatic N) is 1. The fraction of sp³-hybridized carbons (Fsp3) is 0.316. The van der Waals surface area contributed by atoms with Crippen molar-refractivity contribution in [3.63, 3.8) is 0 Å². The van der Waals surface area contributed by atoms with Crippen LogP contribution in [0.25, 0.3) is 0 Å². The van der Waals surface area contributed by atoms with Crippen LogP contribution < -0.4 is 0 Å². The molecule has 0 aromatic heterocycles. The number of alkyl halides is 3. The number of fused-ring (bicyclic) bond motifs is 1. The van der Waals surface area contributed by atoms with Crippen molar-refractivity contribution in [2.24, 2.45) is 5.16 Å². The minimum Gasteiger partial charge on any atom is -0.388 e. The van der Waals surface area contributed by atoms with E-state index in [4.69, 9.17) is 28.0 Å². The minimum atomic E-state index is -4.72. The quantitative estimate of drug-likeness (QED) is 0.697. The zero-order chi connectivity index (χ0) is 19.4. The van der Waals surface area contributed by atoms with Crippen molar-refractivity contribution in [2.45, 2.75) is 37.1 Å². The molecule has 2 aromatic rings. The summed E-state index contributed by atoms with van der Waals surface area (Å²) in [6, 6.07) is 8.91. The summed E-state index contributed by atoms with van der Waals surface area (Å²) in [5, 5.41) is 13.8. The van der Waals surface area contributed by atoms with E-state index < -0.39 is 24.3 Å². The summed E-state index contributed by atoms with van der Waals surface area (Å²) >= 11 is 11.8. The van der Waals surface area contributed by atoms with Crippen molar-refractivity contribution in [3.8, 4) is 0 Å². The molecule has 0 saturated carbocycles. The van der Waals surface area contributed by atoms with Gasteiger partial charge in [0.05, 0.1) is 11.8 Å². The standard InChI is InChI=1S/C19H14Cl2F3NO2/c20-13-6-12(7-14(21)8-13)18(19(22,23)24)9-16(25-27-18)11-1-3-15-10(5-11)2-4-17(15)26/h1,3,5-8,17,26H,2,4,9H2. The highest BCUT2D eigenvalue weighted by Crippen LogP contribution is 2.50. The monoisotopic (exact) mass is 415 g/mol. The van der Waals surface area contributed by atoms with E-state index >= 15 is 0 Å². The summed E-state index contributed by atoms with van der Waals surface area (Å²) in [6.07, 6.45) is -4.46. The lowest BCUT2D eigenvalue weighted by atomic mass is 9.86. The SMILES string of the molecule is OC1CCc2cc(C3=NOC(c4cc(Cl)cc(Cl)c4)(C(F)(F)F)C3)ccc21. The summed E-state index contributed by atoms with van der Waals surface area (Å²) in [5.41, 5.74) is -0.382. The first-order valence-corrected chi connectivity index (χ1v) is 9.05. The van der Waals surface area contributed by atoms with E-state index in [1.54, 1.807) is 18.2 Å². The van der Waals surface area contributed by atoms with Gasteiger partial charge in [0, 0.05) is 22.0 Å². The van der Waals surface area contributed by atoms with Gasteiger partial charge >= 0.3 is 6.18 Å². The molecule has 3 nitrogen and oxygen atoms in total. The molecule has 142 valence electrons. The number of aliphatic hydroxyl groups is 1. The summed E-state index contributed by atoms with van der Waals surface area (Å²) in [6.45, 7) is 0. The molecule has 1 aliphatic heterocycles. The van der Waals surface area contributed by atoms with Crippen LogP contribution >= 0.6 is 23.2 Å². The van der Waals surface area contributed by atoms with E-state index in [1.165, 1.54) is 18.2 Å². The van der Waals surface area contributed by atoms with Gasteiger partial charge in [0.2, 0.25) is 0 Å². The summed E-state index contributed by atoms with van der Waals surface area (Å²) < 4.78 is 42.0. The van der Waals surface area contributed by atoms with Crippen LogP contribution in [-0.4, -0.2) is 17.0 Å². The van der Waals surface area contributed by atoms with Crippen molar-refractivity contribution in [3.05, 3.63) is 68.7 Å². The van der Waals surface area contributed by atoms with E-state index in [0.717, 1.165) is 11.1 Å². The highest BCUT2D eigenvalue weighted by atomic mass is 35.5. The highest BCUT2D eigenvalue weighted by molar-refractivity contribution is 6.34. The molecule has 4 rings (SSSR count). The molecule has 0 bridgehead atoms. The molecule has 0 saturated heterocycles. The Bertz CT molecular complexity index is 925. The van der Waals surface area contributed by atoms with Crippen molar-refractivity contribution in [1.29, 1.82) is 0 Å². The molecule has 1 N–H and O–H groups in total. The van der Waals surface area contributed by atoms with Gasteiger partial charge in [-0.05, 0) is 53.8 Å². The third kappa shape index (κ3) is 3.10. The maximum absolute atomic E-state index is 14.0. The maximum Gasteiger partial charge on any atom is 0.435 e. The third-order valence-corrected chi connectivity index (χ3v) is 5.47. The Hall–Kier alpha value is -1.76. The second-order valence-corrected chi connectivity index (χ2v) is 7.63. The van der Waals surface area contributed by atoms with Crippen LogP contribution in [0.5, 0.6) is 0 Å². The lowest BCUT2D eigenvalue weighted by Crippen LogP contribution is -2.42. The summed E-state index contributed by atoms with van der Waals surface area (Å²) in [4.78, 5) is 5.00. The highest BCUT2D eigenvalue weighted by Gasteiger charge is 2.62. The minimum absolute atomic E-state index is 0.0877. The van der Waals surface area contributed by atoms with Gasteiger partial charge in [0.1, 0.15) is 0 Å². The second kappa shape index (κ2) is 6.40. The number of hydrogen-bond acceptors (Lipinski definition) is 3. The summed E-state index contributed by atoms with van der Waals surface area (Å²) in [7, 11) is 0. The number of aliphatic hydroxyl groups excluding tert-OH is 1. The number of rotatable bonds is 2. The molecule has 0 spiro atoms. The average Bonchev–Trinajstić information content (AvgIpc) is 3.19. The van der Waals surface area contributed by atoms with Crippen molar-refractivity contribution >= 4 is 28.9 Å². The molecule has 2 atom stereocenters. The van der Waals surface area contributed by atoms with Crippen LogP contribution in [0.2, 0.25) is 10.0 Å². The Morgan fingerprint density at radius 3 is 2.48 bits per heavy atom. The predicted octanol–water partition coefficient (Wildman–Crippen LogP) is 5.56. The average molecular weight is 416 g/mol. The van der Waals surface area contributed by atoms with Gasteiger partial charge in [0.15, 0.2) is 0 Å². The summed E-state index contributed by atoms with van der Waals surface area (Å²) in [5.74, 6) is 0. The van der Waals surface area contributed by atoms with E-state index in [1.807, 2.05) is 0 Å². The number of oxime groups is 1. The Kier molecular flexibility index (Phi) is 4.41. The smallest absolute Gasteiger partial charge is 0.388 e. The van der Waals surface area contributed by atoms with Crippen molar-refractivity contribution in [2.75, 3.05) is 0 Å². The van der Waals surface area contributed by atoms with Crippen LogP contribution in [-0.2, 0) is 16.9 Å². The molecule has 2 unspecified atom stereocenters. The number of halogens is 5. The lowest BCUT2D eigenvalue weighted by molar-refractivity contribution is -0.275. The van der Waals surface area contributed by atoms with Crippen LogP contribution in [0.4, 0.5) is 13.2 Å². The van der Waals surface area contributed by atoms with Crippen LogP contribution in [0.3, 0.4) is 0 Å². The second-order valence-electron chi connectivity index (χ2n) is 6.76. The molecule has 1 heterocycles. The van der Waals surface area contributed by atoms with Gasteiger partial charge in [0.25, 0.3) is 5.60 Å². The van der Waals surface area contributed by atoms with E-state index in [9.17, 15) is 18.3 Å². The Balaban J connectivity index is 1.72. The van der Waals surface area contributed by atoms with Crippen LogP contribution in [0.15, 0.2) is 41.6 Å². The molecule has 0 amide bonds. The fourth-order valence-electron chi connectivity index (χ4n) is 3.62. The topological polar surface area (TPSA) is 41.8 Å². The molecule has 8 heteroatoms. The molecular weight excluding hydrogens is 402 g/mol. The molecular formula is C19H14Cl2F3NO2. The van der Waals surface area contributed by atoms with Crippen LogP contribution in [0, 0.1) is 0 Å². The number of benzene rings is 2. The normalized spacial score (nSPS) is 24.5. The lowest BCUT2D eigenvalue weighted by Gasteiger charge is -2.29. The maximum atomic E-state index is 14.0. The number of hydrogen-bond donors (Lipinski definition) is 1. The van der Waals surface area contributed by atoms with Crippen molar-refractivity contribution in [1.82, 2.24) is 0 Å². The largest absolute Gasteiger partial charge is 0.435 e. The Labute approximate surface area is 163 Å². The number of aryl methyl sites for hydroxylation is 1. The van der Waals surface area contributed by atoms with E-state index in [2.05, 4.69) is 5.16 Å². The van der Waals surface area contributed by atoms with Gasteiger partial charge in [-0.15, -0.1) is 0 Å². The van der Waals surface area contributed by atoms with E-state index in [-0.39, 0.29) is 21.3 Å². The first-order chi connectivity index (χ1) is 12.7. The first kappa shape index (κ1) is 18.6. The molecule has 27 heavy (non-hydrogen) atoms. The zero-order valence-electron chi connectivity index (χ0n) is 13.9. The van der Waals surface area contributed by atoms with Crippen LogP contribution in [0.1, 0.15) is 41.2 Å². The molecule has 0 radical (unpaired) electrons.